The maximum Gasteiger partial charge on any atom is 0.320 e. The second-order valence-electron chi connectivity index (χ2n) is 4.99. The molecule has 7 nitrogen and oxygen atoms in total. The van der Waals surface area contributed by atoms with Crippen molar-refractivity contribution in [2.24, 2.45) is 0 Å². The van der Waals surface area contributed by atoms with Gasteiger partial charge in [0, 0.05) is 13.5 Å². The van der Waals surface area contributed by atoms with E-state index in [-0.39, 0.29) is 6.03 Å². The summed E-state index contributed by atoms with van der Waals surface area (Å²) in [5, 5.41) is 9.63. The van der Waals surface area contributed by atoms with Crippen molar-refractivity contribution in [3.63, 3.8) is 0 Å². The summed E-state index contributed by atoms with van der Waals surface area (Å²) in [6.45, 7) is 0. The van der Waals surface area contributed by atoms with Crippen LogP contribution in [0, 0.1) is 0 Å². The molecule has 0 saturated heterocycles. The highest BCUT2D eigenvalue weighted by molar-refractivity contribution is 5.88. The van der Waals surface area contributed by atoms with Crippen LogP contribution < -0.4 is 15.4 Å². The molecular formula is C16H17N5O2. The lowest BCUT2D eigenvalue weighted by Gasteiger charge is -2.04. The summed E-state index contributed by atoms with van der Waals surface area (Å²) in [5.41, 5.74) is 2.68. The largest absolute Gasteiger partial charge is 0.497 e. The molecule has 23 heavy (non-hydrogen) atoms. The molecule has 0 saturated carbocycles. The molecule has 2 amide bonds. The Kier molecular flexibility index (Phi) is 4.09. The van der Waals surface area contributed by atoms with Crippen molar-refractivity contribution in [2.75, 3.05) is 19.5 Å². The average Bonchev–Trinajstić information content (AvgIpc) is 2.96. The third-order valence-electron chi connectivity index (χ3n) is 3.36. The zero-order valence-corrected chi connectivity index (χ0v) is 12.9. The Bertz CT molecular complexity index is 843. The van der Waals surface area contributed by atoms with Crippen LogP contribution in [0.15, 0.2) is 42.6 Å². The molecular weight excluding hydrogens is 294 g/mol. The molecule has 2 aromatic heterocycles. The molecule has 0 atom stereocenters. The van der Waals surface area contributed by atoms with Crippen LogP contribution in [0.25, 0.3) is 5.65 Å². The first-order valence-corrected chi connectivity index (χ1v) is 7.15. The minimum absolute atomic E-state index is 0.315. The third-order valence-corrected chi connectivity index (χ3v) is 3.36. The van der Waals surface area contributed by atoms with Gasteiger partial charge in [0.15, 0.2) is 11.5 Å². The number of hydrogen-bond acceptors (Lipinski definition) is 4. The molecule has 2 N–H and O–H groups in total. The number of rotatable bonds is 4. The van der Waals surface area contributed by atoms with Crippen molar-refractivity contribution < 1.29 is 9.53 Å². The molecule has 7 heteroatoms. The molecule has 1 aromatic carbocycles. The van der Waals surface area contributed by atoms with E-state index in [4.69, 9.17) is 4.74 Å². The number of ether oxygens (including phenoxy) is 1. The lowest BCUT2D eigenvalue weighted by atomic mass is 10.1. The molecule has 0 fully saturated rings. The van der Waals surface area contributed by atoms with E-state index in [2.05, 4.69) is 20.7 Å². The fourth-order valence-corrected chi connectivity index (χ4v) is 2.25. The van der Waals surface area contributed by atoms with Crippen LogP contribution in [0.2, 0.25) is 0 Å². The van der Waals surface area contributed by atoms with Crippen LogP contribution in [0.1, 0.15) is 11.3 Å². The quantitative estimate of drug-likeness (QED) is 0.773. The van der Waals surface area contributed by atoms with E-state index in [0.29, 0.717) is 17.9 Å². The number of nitrogens with zero attached hydrogens (tertiary/aromatic N) is 3. The first kappa shape index (κ1) is 14.8. The normalized spacial score (nSPS) is 10.5. The SMILES string of the molecule is CNC(=O)Nc1cn2nc(Cc3cccc(OC)c3)ccc2n1. The topological polar surface area (TPSA) is 80.6 Å². The Morgan fingerprint density at radius 2 is 2.17 bits per heavy atom. The molecule has 118 valence electrons. The van der Waals surface area contributed by atoms with Crippen LogP contribution in [0.4, 0.5) is 10.6 Å². The molecule has 0 aliphatic rings. The molecule has 0 bridgehead atoms. The van der Waals surface area contributed by atoms with E-state index in [1.54, 1.807) is 24.9 Å². The van der Waals surface area contributed by atoms with Crippen molar-refractivity contribution in [3.05, 3.63) is 53.9 Å². The minimum atomic E-state index is -0.315. The second kappa shape index (κ2) is 6.35. The summed E-state index contributed by atoms with van der Waals surface area (Å²) in [6.07, 6.45) is 2.36. The zero-order chi connectivity index (χ0) is 16.2. The number of fused-ring (bicyclic) bond motifs is 1. The van der Waals surface area contributed by atoms with E-state index >= 15 is 0 Å². The molecule has 0 unspecified atom stereocenters. The van der Waals surface area contributed by atoms with Crippen LogP contribution in [-0.4, -0.2) is 34.8 Å². The smallest absolute Gasteiger partial charge is 0.320 e. The average molecular weight is 311 g/mol. The van der Waals surface area contributed by atoms with Crippen molar-refractivity contribution in [3.8, 4) is 5.75 Å². The predicted molar refractivity (Wildman–Crippen MR) is 86.9 cm³/mol. The molecule has 0 aliphatic heterocycles. The van der Waals surface area contributed by atoms with Crippen molar-refractivity contribution in [1.29, 1.82) is 0 Å². The number of carbonyl (C=O) groups is 1. The Hall–Kier alpha value is -3.09. The predicted octanol–water partition coefficient (Wildman–Crippen LogP) is 2.08. The number of hydrogen-bond donors (Lipinski definition) is 2. The Balaban J connectivity index is 1.83. The molecule has 3 aromatic rings. The van der Waals surface area contributed by atoms with Gasteiger partial charge in [-0.1, -0.05) is 12.1 Å². The summed E-state index contributed by atoms with van der Waals surface area (Å²) in [7, 11) is 3.20. The number of methoxy groups -OCH3 is 1. The molecule has 0 aliphatic carbocycles. The zero-order valence-electron chi connectivity index (χ0n) is 12.9. The minimum Gasteiger partial charge on any atom is -0.497 e. The first-order valence-electron chi connectivity index (χ1n) is 7.15. The highest BCUT2D eigenvalue weighted by atomic mass is 16.5. The van der Waals surface area contributed by atoms with Gasteiger partial charge in [-0.3, -0.25) is 5.32 Å². The van der Waals surface area contributed by atoms with E-state index in [1.165, 1.54) is 0 Å². The van der Waals surface area contributed by atoms with Gasteiger partial charge in [-0.2, -0.15) is 5.10 Å². The maximum absolute atomic E-state index is 11.3. The number of nitrogens with one attached hydrogen (secondary N) is 2. The van der Waals surface area contributed by atoms with Crippen LogP contribution in [0.5, 0.6) is 5.75 Å². The fraction of sp³-hybridized carbons (Fsp3) is 0.188. The van der Waals surface area contributed by atoms with E-state index in [1.807, 2.05) is 36.4 Å². The second-order valence-corrected chi connectivity index (χ2v) is 4.99. The number of amides is 2. The Morgan fingerprint density at radius 3 is 2.96 bits per heavy atom. The van der Waals surface area contributed by atoms with Gasteiger partial charge in [-0.05, 0) is 29.8 Å². The van der Waals surface area contributed by atoms with Gasteiger partial charge in [0.05, 0.1) is 19.0 Å². The standard InChI is InChI=1S/C16H17N5O2/c1-17-16(22)19-14-10-21-15(18-14)7-6-12(20-21)8-11-4-3-5-13(9-11)23-2/h3-7,9-10H,8H2,1-2H3,(H2,17,19,22). The number of carbonyl (C=O) groups excluding carboxylic acids is 1. The van der Waals surface area contributed by atoms with Gasteiger partial charge >= 0.3 is 6.03 Å². The van der Waals surface area contributed by atoms with Gasteiger partial charge in [0.1, 0.15) is 5.75 Å². The number of aromatic nitrogens is 3. The fourth-order valence-electron chi connectivity index (χ4n) is 2.25. The van der Waals surface area contributed by atoms with Gasteiger partial charge in [-0.15, -0.1) is 0 Å². The molecule has 2 heterocycles. The number of imidazole rings is 1. The number of anilines is 1. The van der Waals surface area contributed by atoms with Gasteiger partial charge in [0.25, 0.3) is 0 Å². The monoisotopic (exact) mass is 311 g/mol. The van der Waals surface area contributed by atoms with E-state index in [0.717, 1.165) is 17.0 Å². The Morgan fingerprint density at radius 1 is 1.30 bits per heavy atom. The van der Waals surface area contributed by atoms with E-state index < -0.39 is 0 Å². The first-order chi connectivity index (χ1) is 11.2. The van der Waals surface area contributed by atoms with Gasteiger partial charge < -0.3 is 10.1 Å². The van der Waals surface area contributed by atoms with Crippen molar-refractivity contribution >= 4 is 17.5 Å². The third kappa shape index (κ3) is 3.39. The molecule has 3 rings (SSSR count). The summed E-state index contributed by atoms with van der Waals surface area (Å²) >= 11 is 0. The lowest BCUT2D eigenvalue weighted by molar-refractivity contribution is 0.254. The van der Waals surface area contributed by atoms with Gasteiger partial charge in [-0.25, -0.2) is 14.3 Å². The van der Waals surface area contributed by atoms with Crippen LogP contribution in [0.3, 0.4) is 0 Å². The lowest BCUT2D eigenvalue weighted by Crippen LogP contribution is -2.24. The number of urea groups is 1. The molecule has 0 radical (unpaired) electrons. The van der Waals surface area contributed by atoms with Gasteiger partial charge in [0.2, 0.25) is 0 Å². The van der Waals surface area contributed by atoms with E-state index in [9.17, 15) is 4.79 Å². The summed E-state index contributed by atoms with van der Waals surface area (Å²) in [5.74, 6) is 1.28. The summed E-state index contributed by atoms with van der Waals surface area (Å²) < 4.78 is 6.89. The maximum atomic E-state index is 11.3. The van der Waals surface area contributed by atoms with Crippen molar-refractivity contribution in [1.82, 2.24) is 19.9 Å². The highest BCUT2D eigenvalue weighted by Crippen LogP contribution is 2.16. The molecule has 0 spiro atoms. The van der Waals surface area contributed by atoms with Crippen LogP contribution in [-0.2, 0) is 6.42 Å². The number of benzene rings is 1. The Labute approximate surface area is 133 Å². The summed E-state index contributed by atoms with van der Waals surface area (Å²) in [6, 6.07) is 11.4. The van der Waals surface area contributed by atoms with Crippen LogP contribution >= 0.6 is 0 Å². The summed E-state index contributed by atoms with van der Waals surface area (Å²) in [4.78, 5) is 15.6. The van der Waals surface area contributed by atoms with Crippen molar-refractivity contribution in [2.45, 2.75) is 6.42 Å². The highest BCUT2D eigenvalue weighted by Gasteiger charge is 2.07.